The van der Waals surface area contributed by atoms with Gasteiger partial charge >= 0.3 is 10.4 Å². The lowest BCUT2D eigenvalue weighted by Crippen LogP contribution is -2.26. The lowest BCUT2D eigenvalue weighted by atomic mass is 10.2. The smallest absolute Gasteiger partial charge is 0.397 e. The summed E-state index contributed by atoms with van der Waals surface area (Å²) in [6, 6.07) is 6.26. The molecule has 0 aromatic heterocycles. The van der Waals surface area contributed by atoms with Crippen LogP contribution in [0.5, 0.6) is 0 Å². The maximum Gasteiger partial charge on any atom is 0.397 e. The molecular formula is C12H18N2O7S2. The molecule has 0 unspecified atom stereocenters. The molecule has 130 valence electrons. The molecule has 0 fully saturated rings. The first kappa shape index (κ1) is 19.4. The summed E-state index contributed by atoms with van der Waals surface area (Å²) in [6.07, 6.45) is 0.162. The number of sulfone groups is 1. The van der Waals surface area contributed by atoms with Crippen molar-refractivity contribution in [3.63, 3.8) is 0 Å². The molecule has 0 aliphatic rings. The Morgan fingerprint density at radius 3 is 2.30 bits per heavy atom. The Kier molecular flexibility index (Phi) is 6.94. The van der Waals surface area contributed by atoms with Gasteiger partial charge in [-0.15, -0.1) is 0 Å². The first-order valence-electron chi connectivity index (χ1n) is 6.55. The Bertz CT molecular complexity index is 727. The average molecular weight is 366 g/mol. The van der Waals surface area contributed by atoms with Crippen LogP contribution in [0.25, 0.3) is 0 Å². The van der Waals surface area contributed by atoms with Gasteiger partial charge in [-0.1, -0.05) is 0 Å². The lowest BCUT2D eigenvalue weighted by Gasteiger charge is -2.06. The van der Waals surface area contributed by atoms with E-state index in [0.717, 1.165) is 0 Å². The van der Waals surface area contributed by atoms with Gasteiger partial charge in [0.15, 0.2) is 9.84 Å². The lowest BCUT2D eigenvalue weighted by molar-refractivity contribution is 0.0953. The molecule has 1 aromatic carbocycles. The van der Waals surface area contributed by atoms with Gasteiger partial charge in [-0.2, -0.15) is 8.42 Å². The highest BCUT2D eigenvalue weighted by atomic mass is 32.3. The van der Waals surface area contributed by atoms with Crippen LogP contribution in [0, 0.1) is 0 Å². The maximum atomic E-state index is 11.7. The molecule has 1 aromatic rings. The molecule has 0 heterocycles. The number of anilines is 1. The summed E-state index contributed by atoms with van der Waals surface area (Å²) in [5, 5.41) is 2.56. The molecule has 0 aliphatic heterocycles. The van der Waals surface area contributed by atoms with Gasteiger partial charge < -0.3 is 11.1 Å². The van der Waals surface area contributed by atoms with Crippen LogP contribution in [0.15, 0.2) is 24.3 Å². The number of benzene rings is 1. The quantitative estimate of drug-likeness (QED) is 0.304. The fraction of sp³-hybridized carbons (Fsp3) is 0.417. The average Bonchev–Trinajstić information content (AvgIpc) is 2.42. The van der Waals surface area contributed by atoms with Crippen LogP contribution in [0.1, 0.15) is 16.8 Å². The Morgan fingerprint density at radius 1 is 1.13 bits per heavy atom. The van der Waals surface area contributed by atoms with E-state index in [1.165, 1.54) is 0 Å². The summed E-state index contributed by atoms with van der Waals surface area (Å²) in [6.45, 7) is -0.513. The summed E-state index contributed by atoms with van der Waals surface area (Å²) in [5.41, 5.74) is 6.43. The third-order valence-corrected chi connectivity index (χ3v) is 4.88. The molecule has 0 aliphatic carbocycles. The Morgan fingerprint density at radius 2 is 1.74 bits per heavy atom. The number of nitrogens with two attached hydrogens (primary N) is 1. The second-order valence-electron chi connectivity index (χ2n) is 4.63. The number of carbonyl (C=O) groups is 1. The van der Waals surface area contributed by atoms with E-state index in [0.29, 0.717) is 11.3 Å². The van der Waals surface area contributed by atoms with Gasteiger partial charge in [0.05, 0.1) is 18.1 Å². The van der Waals surface area contributed by atoms with Crippen molar-refractivity contribution < 1.29 is 30.4 Å². The second-order valence-corrected chi connectivity index (χ2v) is 8.03. The van der Waals surface area contributed by atoms with Crippen LogP contribution in [0.2, 0.25) is 0 Å². The molecule has 0 spiro atoms. The second kappa shape index (κ2) is 8.24. The molecule has 0 atom stereocenters. The molecule has 0 bridgehead atoms. The van der Waals surface area contributed by atoms with Crippen LogP contribution >= 0.6 is 0 Å². The monoisotopic (exact) mass is 366 g/mol. The van der Waals surface area contributed by atoms with Crippen molar-refractivity contribution in [2.24, 2.45) is 0 Å². The normalized spacial score (nSPS) is 12.0. The molecule has 0 saturated heterocycles. The molecule has 0 radical (unpaired) electrons. The zero-order valence-corrected chi connectivity index (χ0v) is 13.8. The number of rotatable bonds is 9. The van der Waals surface area contributed by atoms with Gasteiger partial charge in [0.2, 0.25) is 0 Å². The van der Waals surface area contributed by atoms with Gasteiger partial charge in [0.1, 0.15) is 0 Å². The Balaban J connectivity index is 2.30. The van der Waals surface area contributed by atoms with E-state index in [-0.39, 0.29) is 24.6 Å². The fourth-order valence-corrected chi connectivity index (χ4v) is 3.12. The zero-order chi connectivity index (χ0) is 17.5. The topological polar surface area (TPSA) is 153 Å². The Labute approximate surface area is 134 Å². The minimum Gasteiger partial charge on any atom is -0.399 e. The number of nitrogens with one attached hydrogen (secondary N) is 1. The van der Waals surface area contributed by atoms with Crippen LogP contribution in [-0.2, 0) is 24.4 Å². The highest BCUT2D eigenvalue weighted by molar-refractivity contribution is 7.91. The van der Waals surface area contributed by atoms with E-state index in [9.17, 15) is 21.6 Å². The van der Waals surface area contributed by atoms with Gasteiger partial charge in [-0.25, -0.2) is 12.6 Å². The number of hydrogen-bond acceptors (Lipinski definition) is 7. The summed E-state index contributed by atoms with van der Waals surface area (Å²) >= 11 is 0. The molecule has 1 rings (SSSR count). The van der Waals surface area contributed by atoms with Crippen molar-refractivity contribution in [1.82, 2.24) is 5.32 Å². The van der Waals surface area contributed by atoms with Crippen molar-refractivity contribution in [2.45, 2.75) is 6.42 Å². The van der Waals surface area contributed by atoms with Crippen molar-refractivity contribution in [2.75, 3.05) is 30.4 Å². The predicted molar refractivity (Wildman–Crippen MR) is 84.0 cm³/mol. The van der Waals surface area contributed by atoms with Crippen LogP contribution in [0.4, 0.5) is 5.69 Å². The van der Waals surface area contributed by atoms with E-state index in [1.807, 2.05) is 0 Å². The summed E-state index contributed by atoms with van der Waals surface area (Å²) in [5.74, 6) is -1.14. The van der Waals surface area contributed by atoms with Crippen molar-refractivity contribution in [3.8, 4) is 0 Å². The third kappa shape index (κ3) is 8.50. The minimum absolute atomic E-state index is 0.140. The van der Waals surface area contributed by atoms with Crippen molar-refractivity contribution in [1.29, 1.82) is 0 Å². The number of nitrogen functional groups attached to an aromatic ring is 1. The molecule has 23 heavy (non-hydrogen) atoms. The van der Waals surface area contributed by atoms with Gasteiger partial charge in [-0.05, 0) is 30.7 Å². The van der Waals surface area contributed by atoms with E-state index >= 15 is 0 Å². The Hall–Kier alpha value is -1.69. The SMILES string of the molecule is Nc1ccc(C(=O)NCCCS(=O)(=O)CCOS(=O)(=O)O)cc1. The fourth-order valence-electron chi connectivity index (χ4n) is 1.60. The van der Waals surface area contributed by atoms with Crippen LogP contribution in [0.3, 0.4) is 0 Å². The van der Waals surface area contributed by atoms with Crippen LogP contribution in [-0.4, -0.2) is 52.0 Å². The van der Waals surface area contributed by atoms with E-state index in [4.69, 9.17) is 10.3 Å². The first-order chi connectivity index (χ1) is 10.6. The zero-order valence-electron chi connectivity index (χ0n) is 12.1. The van der Waals surface area contributed by atoms with Crippen LogP contribution < -0.4 is 11.1 Å². The summed E-state index contributed by atoms with van der Waals surface area (Å²) in [7, 11) is -8.19. The third-order valence-electron chi connectivity index (χ3n) is 2.72. The van der Waals surface area contributed by atoms with Gasteiger partial charge in [0, 0.05) is 17.8 Å². The van der Waals surface area contributed by atoms with Gasteiger partial charge in [0.25, 0.3) is 5.91 Å². The van der Waals surface area contributed by atoms with E-state index < -0.39 is 32.6 Å². The largest absolute Gasteiger partial charge is 0.399 e. The summed E-state index contributed by atoms with van der Waals surface area (Å²) < 4.78 is 56.0. The van der Waals surface area contributed by atoms with E-state index in [2.05, 4.69) is 9.50 Å². The maximum absolute atomic E-state index is 11.7. The van der Waals surface area contributed by atoms with Gasteiger partial charge in [-0.3, -0.25) is 9.35 Å². The highest BCUT2D eigenvalue weighted by Gasteiger charge is 2.14. The van der Waals surface area contributed by atoms with Crippen molar-refractivity contribution in [3.05, 3.63) is 29.8 Å². The first-order valence-corrected chi connectivity index (χ1v) is 9.74. The number of amides is 1. The predicted octanol–water partition coefficient (Wildman–Crippen LogP) is -0.377. The minimum atomic E-state index is -4.65. The molecule has 9 nitrogen and oxygen atoms in total. The molecular weight excluding hydrogens is 348 g/mol. The highest BCUT2D eigenvalue weighted by Crippen LogP contribution is 2.05. The number of hydrogen-bond donors (Lipinski definition) is 3. The summed E-state index contributed by atoms with van der Waals surface area (Å²) in [4.78, 5) is 11.7. The molecule has 11 heteroatoms. The standard InChI is InChI=1S/C12H18N2O7S2/c13-11-4-2-10(3-5-11)12(15)14-6-1-8-22(16,17)9-7-21-23(18,19)20/h2-5H,1,6-9,13H2,(H,14,15)(H,18,19,20). The molecule has 4 N–H and O–H groups in total. The molecule has 1 amide bonds. The van der Waals surface area contributed by atoms with Crippen molar-refractivity contribution >= 4 is 31.8 Å². The number of carbonyl (C=O) groups excluding carboxylic acids is 1. The van der Waals surface area contributed by atoms with E-state index in [1.54, 1.807) is 24.3 Å². The molecule has 0 saturated carbocycles.